The molecular formula is C12H11BrClNO. The summed E-state index contributed by atoms with van der Waals surface area (Å²) in [5.74, 6) is 0. The van der Waals surface area contributed by atoms with Crippen LogP contribution in [0.4, 0.5) is 0 Å². The molecule has 2 aromatic rings. The van der Waals surface area contributed by atoms with Crippen molar-refractivity contribution in [3.05, 3.63) is 56.9 Å². The van der Waals surface area contributed by atoms with Gasteiger partial charge in [0, 0.05) is 10.6 Å². The maximum Gasteiger partial charge on any atom is 0.174 e. The number of nitrogens with two attached hydrogens (primary N) is 1. The van der Waals surface area contributed by atoms with Gasteiger partial charge >= 0.3 is 0 Å². The zero-order valence-electron chi connectivity index (χ0n) is 8.71. The van der Waals surface area contributed by atoms with Crippen LogP contribution in [0, 0.1) is 6.92 Å². The van der Waals surface area contributed by atoms with Gasteiger partial charge in [-0.3, -0.25) is 0 Å². The summed E-state index contributed by atoms with van der Waals surface area (Å²) in [7, 11) is 0. The number of rotatable bonds is 2. The molecule has 1 aromatic heterocycles. The van der Waals surface area contributed by atoms with Gasteiger partial charge in [-0.25, -0.2) is 0 Å². The number of benzene rings is 1. The van der Waals surface area contributed by atoms with Gasteiger partial charge in [-0.05, 0) is 46.1 Å². The lowest BCUT2D eigenvalue weighted by Gasteiger charge is -2.11. The molecule has 2 nitrogen and oxygen atoms in total. The molecule has 0 aliphatic carbocycles. The van der Waals surface area contributed by atoms with Gasteiger partial charge in [-0.2, -0.15) is 0 Å². The maximum atomic E-state index is 6.13. The Morgan fingerprint density at radius 3 is 2.69 bits per heavy atom. The van der Waals surface area contributed by atoms with Crippen molar-refractivity contribution in [3.63, 3.8) is 0 Å². The number of hydrogen-bond donors (Lipinski definition) is 1. The first kappa shape index (κ1) is 11.7. The van der Waals surface area contributed by atoms with Crippen LogP contribution in [-0.2, 0) is 0 Å². The van der Waals surface area contributed by atoms with Gasteiger partial charge in [0.1, 0.15) is 0 Å². The van der Waals surface area contributed by atoms with Gasteiger partial charge in [0.25, 0.3) is 0 Å². The molecule has 84 valence electrons. The van der Waals surface area contributed by atoms with Gasteiger partial charge in [-0.15, -0.1) is 0 Å². The van der Waals surface area contributed by atoms with E-state index in [1.54, 1.807) is 6.26 Å². The third-order valence-electron chi connectivity index (χ3n) is 2.54. The van der Waals surface area contributed by atoms with Crippen molar-refractivity contribution in [2.75, 3.05) is 0 Å². The topological polar surface area (TPSA) is 39.2 Å². The molecule has 0 spiro atoms. The van der Waals surface area contributed by atoms with Crippen LogP contribution in [0.5, 0.6) is 0 Å². The van der Waals surface area contributed by atoms with Crippen molar-refractivity contribution in [2.24, 2.45) is 5.73 Å². The van der Waals surface area contributed by atoms with E-state index in [0.29, 0.717) is 4.67 Å². The molecule has 0 saturated heterocycles. The Hall–Kier alpha value is -0.770. The largest absolute Gasteiger partial charge is 0.457 e. The number of halogens is 2. The van der Waals surface area contributed by atoms with Crippen molar-refractivity contribution in [3.8, 4) is 0 Å². The Morgan fingerprint density at radius 2 is 2.12 bits per heavy atom. The highest BCUT2D eigenvalue weighted by Gasteiger charge is 2.15. The standard InChI is InChI=1S/C12H11BrClNO/c1-7-2-3-8(6-10(7)14)11(15)9-4-5-16-12(9)13/h2-6,11H,15H2,1H3. The molecule has 1 aromatic carbocycles. The molecule has 1 unspecified atom stereocenters. The van der Waals surface area contributed by atoms with Crippen LogP contribution in [0.1, 0.15) is 22.7 Å². The van der Waals surface area contributed by atoms with E-state index in [1.165, 1.54) is 0 Å². The number of aryl methyl sites for hydroxylation is 1. The molecule has 1 heterocycles. The first-order chi connectivity index (χ1) is 7.59. The second kappa shape index (κ2) is 4.62. The van der Waals surface area contributed by atoms with Crippen LogP contribution >= 0.6 is 27.5 Å². The lowest BCUT2D eigenvalue weighted by Crippen LogP contribution is -2.11. The van der Waals surface area contributed by atoms with Gasteiger partial charge in [0.2, 0.25) is 0 Å². The van der Waals surface area contributed by atoms with E-state index in [-0.39, 0.29) is 6.04 Å². The van der Waals surface area contributed by atoms with Crippen molar-refractivity contribution >= 4 is 27.5 Å². The summed E-state index contributed by atoms with van der Waals surface area (Å²) in [6.07, 6.45) is 1.61. The summed E-state index contributed by atoms with van der Waals surface area (Å²) < 4.78 is 5.83. The Kier molecular flexibility index (Phi) is 3.38. The molecule has 0 fully saturated rings. The first-order valence-electron chi connectivity index (χ1n) is 4.84. The van der Waals surface area contributed by atoms with Gasteiger partial charge < -0.3 is 10.2 Å². The monoisotopic (exact) mass is 299 g/mol. The van der Waals surface area contributed by atoms with Crippen LogP contribution in [-0.4, -0.2) is 0 Å². The molecule has 0 bridgehead atoms. The fourth-order valence-electron chi connectivity index (χ4n) is 1.51. The highest BCUT2D eigenvalue weighted by molar-refractivity contribution is 9.10. The SMILES string of the molecule is Cc1ccc(C(N)c2ccoc2Br)cc1Cl. The van der Waals surface area contributed by atoms with Crippen LogP contribution in [0.25, 0.3) is 0 Å². The average Bonchev–Trinajstić information content (AvgIpc) is 2.67. The smallest absolute Gasteiger partial charge is 0.174 e. The second-order valence-corrected chi connectivity index (χ2v) is 4.76. The second-order valence-electron chi connectivity index (χ2n) is 3.64. The fourth-order valence-corrected chi connectivity index (χ4v) is 2.18. The lowest BCUT2D eigenvalue weighted by atomic mass is 10.0. The first-order valence-corrected chi connectivity index (χ1v) is 6.01. The van der Waals surface area contributed by atoms with E-state index in [2.05, 4.69) is 15.9 Å². The fraction of sp³-hybridized carbons (Fsp3) is 0.167. The average molecular weight is 301 g/mol. The minimum absolute atomic E-state index is 0.230. The molecule has 4 heteroatoms. The Labute approximate surface area is 108 Å². The molecule has 0 amide bonds. The summed E-state index contributed by atoms with van der Waals surface area (Å²) in [6, 6.07) is 7.45. The molecule has 0 saturated carbocycles. The zero-order valence-corrected chi connectivity index (χ0v) is 11.0. The predicted molar refractivity (Wildman–Crippen MR) is 68.6 cm³/mol. The molecule has 16 heavy (non-hydrogen) atoms. The van der Waals surface area contributed by atoms with Gasteiger partial charge in [-0.1, -0.05) is 23.7 Å². The summed E-state index contributed by atoms with van der Waals surface area (Å²) in [5, 5.41) is 0.729. The summed E-state index contributed by atoms with van der Waals surface area (Å²) in [4.78, 5) is 0. The van der Waals surface area contributed by atoms with Crippen molar-refractivity contribution in [1.82, 2.24) is 0 Å². The van der Waals surface area contributed by atoms with E-state index >= 15 is 0 Å². The van der Waals surface area contributed by atoms with Crippen LogP contribution in [0.2, 0.25) is 5.02 Å². The third-order valence-corrected chi connectivity index (χ3v) is 3.59. The van der Waals surface area contributed by atoms with Crippen LogP contribution in [0.3, 0.4) is 0 Å². The van der Waals surface area contributed by atoms with E-state index in [9.17, 15) is 0 Å². The lowest BCUT2D eigenvalue weighted by molar-refractivity contribution is 0.534. The molecule has 0 aliphatic rings. The zero-order chi connectivity index (χ0) is 11.7. The summed E-state index contributed by atoms with van der Waals surface area (Å²) in [6.45, 7) is 1.96. The summed E-state index contributed by atoms with van der Waals surface area (Å²) >= 11 is 9.39. The third kappa shape index (κ3) is 2.17. The van der Waals surface area contributed by atoms with Gasteiger partial charge in [0.15, 0.2) is 4.67 Å². The highest BCUT2D eigenvalue weighted by atomic mass is 79.9. The van der Waals surface area contributed by atoms with Crippen molar-refractivity contribution in [1.29, 1.82) is 0 Å². The molecule has 2 N–H and O–H groups in total. The number of furan rings is 1. The molecular weight excluding hydrogens is 289 g/mol. The molecule has 0 aliphatic heterocycles. The quantitative estimate of drug-likeness (QED) is 0.908. The normalized spacial score (nSPS) is 12.8. The van der Waals surface area contributed by atoms with E-state index < -0.39 is 0 Å². The van der Waals surface area contributed by atoms with Crippen molar-refractivity contribution < 1.29 is 4.42 Å². The molecule has 2 rings (SSSR count). The minimum Gasteiger partial charge on any atom is -0.457 e. The molecule has 1 atom stereocenters. The highest BCUT2D eigenvalue weighted by Crippen LogP contribution is 2.29. The van der Waals surface area contributed by atoms with Crippen LogP contribution in [0.15, 0.2) is 39.6 Å². The minimum atomic E-state index is -0.230. The maximum absolute atomic E-state index is 6.13. The van der Waals surface area contributed by atoms with E-state index in [0.717, 1.165) is 21.7 Å². The molecule has 0 radical (unpaired) electrons. The van der Waals surface area contributed by atoms with Crippen molar-refractivity contribution in [2.45, 2.75) is 13.0 Å². The Bertz CT molecular complexity index is 509. The van der Waals surface area contributed by atoms with Crippen LogP contribution < -0.4 is 5.73 Å². The van der Waals surface area contributed by atoms with Gasteiger partial charge in [0.05, 0.1) is 12.3 Å². The number of hydrogen-bond acceptors (Lipinski definition) is 2. The Balaban J connectivity index is 2.38. The Morgan fingerprint density at radius 1 is 1.38 bits per heavy atom. The van der Waals surface area contributed by atoms with E-state index in [4.69, 9.17) is 21.8 Å². The summed E-state index contributed by atoms with van der Waals surface area (Å²) in [5.41, 5.74) is 9.06. The predicted octanol–water partition coefficient (Wildman–Crippen LogP) is 4.05. The van der Waals surface area contributed by atoms with E-state index in [1.807, 2.05) is 31.2 Å².